The summed E-state index contributed by atoms with van der Waals surface area (Å²) in [6.45, 7) is 3.79. The van der Waals surface area contributed by atoms with E-state index in [0.717, 1.165) is 16.3 Å². The Bertz CT molecular complexity index is 1420. The number of ether oxygens (including phenoxy) is 1. The topological polar surface area (TPSA) is 107 Å². The Morgan fingerprint density at radius 3 is 2.46 bits per heavy atom. The minimum Gasteiger partial charge on any atom is -0.464 e. The molecular formula is C30H31N3O4. The summed E-state index contributed by atoms with van der Waals surface area (Å²) in [5.41, 5.74) is 7.32. The number of nitrogens with zero attached hydrogens (tertiary/aromatic N) is 1. The maximum atomic E-state index is 12.9. The zero-order valence-corrected chi connectivity index (χ0v) is 21.2. The van der Waals surface area contributed by atoms with Crippen molar-refractivity contribution < 1.29 is 18.7 Å². The number of rotatable bonds is 9. The lowest BCUT2D eigenvalue weighted by Crippen LogP contribution is -2.31. The summed E-state index contributed by atoms with van der Waals surface area (Å²) in [4.78, 5) is 29.9. The smallest absolute Gasteiger partial charge is 0.360 e. The Hall–Kier alpha value is -4.23. The van der Waals surface area contributed by atoms with Gasteiger partial charge in [0.2, 0.25) is 11.8 Å². The average Bonchev–Trinajstić information content (AvgIpc) is 3.33. The van der Waals surface area contributed by atoms with Crippen LogP contribution in [0.2, 0.25) is 0 Å². The van der Waals surface area contributed by atoms with Crippen molar-refractivity contribution in [2.75, 3.05) is 7.11 Å². The van der Waals surface area contributed by atoms with Gasteiger partial charge in [0.25, 0.3) is 0 Å². The number of carbonyl (C=O) groups is 2. The van der Waals surface area contributed by atoms with E-state index in [-0.39, 0.29) is 17.5 Å². The summed E-state index contributed by atoms with van der Waals surface area (Å²) >= 11 is 0. The normalized spacial score (nSPS) is 12.5. The quantitative estimate of drug-likeness (QED) is 0.238. The number of oxazole rings is 1. The number of aromatic nitrogens is 1. The zero-order valence-electron chi connectivity index (χ0n) is 21.2. The van der Waals surface area contributed by atoms with Crippen molar-refractivity contribution in [2.24, 2.45) is 5.73 Å². The molecule has 4 rings (SSSR count). The van der Waals surface area contributed by atoms with Crippen molar-refractivity contribution in [1.29, 1.82) is 0 Å². The number of hydrogen-bond donors (Lipinski definition) is 2. The van der Waals surface area contributed by atoms with Crippen LogP contribution in [0.25, 0.3) is 22.1 Å². The number of benzene rings is 3. The van der Waals surface area contributed by atoms with Crippen LogP contribution in [0.5, 0.6) is 0 Å². The molecule has 0 spiro atoms. The van der Waals surface area contributed by atoms with Gasteiger partial charge in [-0.25, -0.2) is 9.78 Å². The van der Waals surface area contributed by atoms with Crippen molar-refractivity contribution in [3.63, 3.8) is 0 Å². The molecule has 1 atom stereocenters. The minimum absolute atomic E-state index is 0.0573. The molecular weight excluding hydrogens is 466 g/mol. The number of nitrogens with two attached hydrogens (primary N) is 1. The van der Waals surface area contributed by atoms with Crippen LogP contribution in [0.1, 0.15) is 48.3 Å². The molecule has 37 heavy (non-hydrogen) atoms. The maximum absolute atomic E-state index is 12.9. The van der Waals surface area contributed by atoms with E-state index in [2.05, 4.69) is 16.4 Å². The SMILES string of the molecule is COC(=O)c1nc([C@@H](Cc2ccc3ccccc3c2)NC(=O)/C=C/CC(C)(C)N)oc1-c1ccccc1. The molecule has 3 N–H and O–H groups in total. The molecule has 0 aliphatic rings. The zero-order chi connectivity index (χ0) is 26.4. The van der Waals surface area contributed by atoms with Gasteiger partial charge in [-0.3, -0.25) is 4.79 Å². The van der Waals surface area contributed by atoms with E-state index in [9.17, 15) is 9.59 Å². The summed E-state index contributed by atoms with van der Waals surface area (Å²) in [6.07, 6.45) is 4.15. The molecule has 1 amide bonds. The van der Waals surface area contributed by atoms with E-state index >= 15 is 0 Å². The van der Waals surface area contributed by atoms with Gasteiger partial charge in [-0.15, -0.1) is 0 Å². The lowest BCUT2D eigenvalue weighted by Gasteiger charge is -2.16. The molecule has 0 aliphatic heterocycles. The highest BCUT2D eigenvalue weighted by molar-refractivity contribution is 5.93. The highest BCUT2D eigenvalue weighted by Crippen LogP contribution is 2.30. The first-order valence-electron chi connectivity index (χ1n) is 12.1. The second-order valence-corrected chi connectivity index (χ2v) is 9.63. The molecule has 0 bridgehead atoms. The number of esters is 1. The second-order valence-electron chi connectivity index (χ2n) is 9.63. The van der Waals surface area contributed by atoms with Gasteiger partial charge < -0.3 is 20.2 Å². The van der Waals surface area contributed by atoms with Gasteiger partial charge in [0, 0.05) is 17.5 Å². The van der Waals surface area contributed by atoms with Gasteiger partial charge in [-0.05, 0) is 42.7 Å². The van der Waals surface area contributed by atoms with Crippen LogP contribution >= 0.6 is 0 Å². The summed E-state index contributed by atoms with van der Waals surface area (Å²) in [6, 6.07) is 22.8. The third-order valence-electron chi connectivity index (χ3n) is 5.84. The molecule has 1 heterocycles. The van der Waals surface area contributed by atoms with Gasteiger partial charge in [0.1, 0.15) is 6.04 Å². The summed E-state index contributed by atoms with van der Waals surface area (Å²) < 4.78 is 11.1. The van der Waals surface area contributed by atoms with Crippen LogP contribution in [0.15, 0.2) is 89.4 Å². The third kappa shape index (κ3) is 6.71. The fraction of sp³-hybridized carbons (Fsp3) is 0.233. The van der Waals surface area contributed by atoms with Gasteiger partial charge >= 0.3 is 5.97 Å². The van der Waals surface area contributed by atoms with E-state index in [1.807, 2.05) is 80.6 Å². The predicted molar refractivity (Wildman–Crippen MR) is 144 cm³/mol. The van der Waals surface area contributed by atoms with E-state index in [1.54, 1.807) is 6.08 Å². The third-order valence-corrected chi connectivity index (χ3v) is 5.84. The Kier molecular flexibility index (Phi) is 7.84. The maximum Gasteiger partial charge on any atom is 0.360 e. The molecule has 0 saturated carbocycles. The molecule has 0 fully saturated rings. The lowest BCUT2D eigenvalue weighted by atomic mass is 10.0. The highest BCUT2D eigenvalue weighted by Gasteiger charge is 2.27. The first-order chi connectivity index (χ1) is 17.7. The second kappa shape index (κ2) is 11.2. The number of fused-ring (bicyclic) bond motifs is 1. The first kappa shape index (κ1) is 25.9. The monoisotopic (exact) mass is 497 g/mol. The number of methoxy groups -OCH3 is 1. The molecule has 4 aromatic rings. The number of carbonyl (C=O) groups excluding carboxylic acids is 2. The van der Waals surface area contributed by atoms with Gasteiger partial charge in [-0.1, -0.05) is 78.9 Å². The Balaban J connectivity index is 1.70. The van der Waals surface area contributed by atoms with Crippen LogP contribution in [0.3, 0.4) is 0 Å². The Labute approximate surface area is 216 Å². The molecule has 190 valence electrons. The summed E-state index contributed by atoms with van der Waals surface area (Å²) in [5, 5.41) is 5.20. The molecule has 1 aromatic heterocycles. The lowest BCUT2D eigenvalue weighted by molar-refractivity contribution is -0.117. The summed E-state index contributed by atoms with van der Waals surface area (Å²) in [7, 11) is 1.30. The average molecular weight is 498 g/mol. The molecule has 0 unspecified atom stereocenters. The fourth-order valence-electron chi connectivity index (χ4n) is 4.00. The largest absolute Gasteiger partial charge is 0.464 e. The predicted octanol–water partition coefficient (Wildman–Crippen LogP) is 5.37. The van der Waals surface area contributed by atoms with Crippen molar-refractivity contribution in [3.05, 3.63) is 102 Å². The van der Waals surface area contributed by atoms with E-state index in [0.29, 0.717) is 24.2 Å². The van der Waals surface area contributed by atoms with Gasteiger partial charge in [0.15, 0.2) is 11.5 Å². The van der Waals surface area contributed by atoms with Crippen LogP contribution in [0, 0.1) is 0 Å². The molecule has 7 heteroatoms. The minimum atomic E-state index is -0.634. The number of amides is 1. The number of nitrogens with one attached hydrogen (secondary N) is 1. The standard InChI is InChI=1S/C30H31N3O4/c1-30(2,31)17-9-14-25(34)32-24(19-20-15-16-21-10-7-8-13-23(21)18-20)28-33-26(29(35)36-3)27(37-28)22-11-5-4-6-12-22/h4-16,18,24H,17,19,31H2,1-3H3,(H,32,34)/b14-9+/t24-/m1/s1. The van der Waals surface area contributed by atoms with Crippen molar-refractivity contribution in [3.8, 4) is 11.3 Å². The van der Waals surface area contributed by atoms with Crippen LogP contribution in [-0.2, 0) is 16.0 Å². The van der Waals surface area contributed by atoms with E-state index in [1.165, 1.54) is 13.2 Å². The molecule has 0 saturated heterocycles. The molecule has 7 nitrogen and oxygen atoms in total. The fourth-order valence-corrected chi connectivity index (χ4v) is 4.00. The van der Waals surface area contributed by atoms with E-state index < -0.39 is 17.6 Å². The van der Waals surface area contributed by atoms with Crippen LogP contribution in [-0.4, -0.2) is 29.5 Å². The van der Waals surface area contributed by atoms with Crippen LogP contribution < -0.4 is 11.1 Å². The first-order valence-corrected chi connectivity index (χ1v) is 12.1. The molecule has 3 aromatic carbocycles. The Morgan fingerprint density at radius 2 is 1.76 bits per heavy atom. The van der Waals surface area contributed by atoms with Gasteiger partial charge in [-0.2, -0.15) is 0 Å². The summed E-state index contributed by atoms with van der Waals surface area (Å²) in [5.74, 6) is -0.419. The highest BCUT2D eigenvalue weighted by atomic mass is 16.5. The van der Waals surface area contributed by atoms with Crippen molar-refractivity contribution >= 4 is 22.6 Å². The molecule has 0 aliphatic carbocycles. The Morgan fingerprint density at radius 1 is 1.05 bits per heavy atom. The van der Waals surface area contributed by atoms with E-state index in [4.69, 9.17) is 14.9 Å². The van der Waals surface area contributed by atoms with Crippen molar-refractivity contribution in [1.82, 2.24) is 10.3 Å². The number of hydrogen-bond acceptors (Lipinski definition) is 6. The van der Waals surface area contributed by atoms with Crippen molar-refractivity contribution in [2.45, 2.75) is 38.3 Å². The molecule has 0 radical (unpaired) electrons. The van der Waals surface area contributed by atoms with Crippen LogP contribution in [0.4, 0.5) is 0 Å². The van der Waals surface area contributed by atoms with Gasteiger partial charge in [0.05, 0.1) is 7.11 Å².